The highest BCUT2D eigenvalue weighted by Crippen LogP contribution is 2.24. The van der Waals surface area contributed by atoms with Crippen LogP contribution in [-0.2, 0) is 4.74 Å². The maximum absolute atomic E-state index is 5.52. The molecule has 0 aliphatic carbocycles. The quantitative estimate of drug-likeness (QED) is 0.575. The van der Waals surface area contributed by atoms with Crippen LogP contribution in [0.2, 0.25) is 0 Å². The highest BCUT2D eigenvalue weighted by molar-refractivity contribution is 5.21. The molecule has 0 fully saturated rings. The van der Waals surface area contributed by atoms with E-state index in [1.54, 1.807) is 0 Å². The summed E-state index contributed by atoms with van der Waals surface area (Å²) >= 11 is 0. The molecule has 80 valence electrons. The first kappa shape index (κ1) is 10.1. The Kier molecular flexibility index (Phi) is 2.99. The summed E-state index contributed by atoms with van der Waals surface area (Å²) in [6.07, 6.45) is 2.99. The van der Waals surface area contributed by atoms with Crippen LogP contribution in [0.25, 0.3) is 0 Å². The van der Waals surface area contributed by atoms with E-state index < -0.39 is 0 Å². The molecule has 15 heavy (non-hydrogen) atoms. The van der Waals surface area contributed by atoms with Gasteiger partial charge in [0.15, 0.2) is 0 Å². The summed E-state index contributed by atoms with van der Waals surface area (Å²) in [7, 11) is 0. The Balaban J connectivity index is 2.26. The van der Waals surface area contributed by atoms with Gasteiger partial charge in [0.25, 0.3) is 0 Å². The third-order valence-electron chi connectivity index (χ3n) is 2.39. The van der Waals surface area contributed by atoms with Crippen molar-refractivity contribution in [2.24, 2.45) is 5.84 Å². The number of hydrogen-bond donors (Lipinski definition) is 2. The van der Waals surface area contributed by atoms with E-state index in [1.165, 1.54) is 0 Å². The first-order valence-corrected chi connectivity index (χ1v) is 5.04. The van der Waals surface area contributed by atoms with Crippen molar-refractivity contribution in [1.29, 1.82) is 0 Å². The summed E-state index contributed by atoms with van der Waals surface area (Å²) in [6, 6.07) is 5.74. The van der Waals surface area contributed by atoms with Crippen molar-refractivity contribution < 1.29 is 4.74 Å². The molecule has 1 aliphatic rings. The van der Waals surface area contributed by atoms with Gasteiger partial charge >= 0.3 is 0 Å². The number of ether oxygens (including phenoxy) is 1. The van der Waals surface area contributed by atoms with Crippen LogP contribution in [0, 0.1) is 6.92 Å². The minimum Gasteiger partial charge on any atom is -0.496 e. The molecular weight excluding hydrogens is 190 g/mol. The lowest BCUT2D eigenvalue weighted by Crippen LogP contribution is -2.30. The molecule has 0 saturated carbocycles. The predicted molar refractivity (Wildman–Crippen MR) is 57.7 cm³/mol. The zero-order valence-corrected chi connectivity index (χ0v) is 8.73. The van der Waals surface area contributed by atoms with Crippen molar-refractivity contribution in [3.8, 4) is 0 Å². The fourth-order valence-corrected chi connectivity index (χ4v) is 1.68. The third kappa shape index (κ3) is 2.16. The Labute approximate surface area is 89.1 Å². The van der Waals surface area contributed by atoms with Crippen molar-refractivity contribution in [3.05, 3.63) is 41.4 Å². The number of hydrogen-bond acceptors (Lipinski definition) is 4. The molecule has 1 unspecified atom stereocenters. The molecule has 1 aromatic heterocycles. The van der Waals surface area contributed by atoms with Crippen LogP contribution in [0.4, 0.5) is 0 Å². The molecule has 1 aliphatic heterocycles. The predicted octanol–water partition coefficient (Wildman–Crippen LogP) is 1.20. The summed E-state index contributed by atoms with van der Waals surface area (Å²) in [5.74, 6) is 6.39. The zero-order chi connectivity index (χ0) is 10.7. The maximum Gasteiger partial charge on any atom is 0.120 e. The minimum absolute atomic E-state index is 0.132. The molecule has 2 rings (SSSR count). The van der Waals surface area contributed by atoms with Gasteiger partial charge in [0.1, 0.15) is 11.8 Å². The molecule has 4 heteroatoms. The lowest BCUT2D eigenvalue weighted by molar-refractivity contribution is 0.214. The lowest BCUT2D eigenvalue weighted by atomic mass is 10.1. The van der Waals surface area contributed by atoms with E-state index in [0.717, 1.165) is 30.2 Å². The van der Waals surface area contributed by atoms with Crippen LogP contribution >= 0.6 is 0 Å². The molecule has 0 saturated heterocycles. The Morgan fingerprint density at radius 2 is 2.40 bits per heavy atom. The molecule has 0 amide bonds. The fourth-order valence-electron chi connectivity index (χ4n) is 1.68. The van der Waals surface area contributed by atoms with E-state index in [9.17, 15) is 0 Å². The third-order valence-corrected chi connectivity index (χ3v) is 2.39. The molecule has 1 atom stereocenters. The molecule has 3 N–H and O–H groups in total. The van der Waals surface area contributed by atoms with E-state index in [4.69, 9.17) is 10.6 Å². The van der Waals surface area contributed by atoms with Crippen molar-refractivity contribution in [1.82, 2.24) is 10.4 Å². The van der Waals surface area contributed by atoms with E-state index in [2.05, 4.69) is 16.5 Å². The van der Waals surface area contributed by atoms with E-state index in [1.807, 2.05) is 25.1 Å². The Bertz CT molecular complexity index is 376. The van der Waals surface area contributed by atoms with Crippen LogP contribution in [0.1, 0.15) is 23.9 Å². The Morgan fingerprint density at radius 1 is 1.53 bits per heavy atom. The van der Waals surface area contributed by atoms with E-state index >= 15 is 0 Å². The van der Waals surface area contributed by atoms with Gasteiger partial charge in [0.05, 0.1) is 12.3 Å². The van der Waals surface area contributed by atoms with E-state index in [0.29, 0.717) is 0 Å². The summed E-state index contributed by atoms with van der Waals surface area (Å²) in [4.78, 5) is 4.43. The zero-order valence-electron chi connectivity index (χ0n) is 8.73. The van der Waals surface area contributed by atoms with Gasteiger partial charge in [-0.15, -0.1) is 0 Å². The maximum atomic E-state index is 5.52. The number of aryl methyl sites for hydroxylation is 1. The van der Waals surface area contributed by atoms with Gasteiger partial charge < -0.3 is 4.74 Å². The van der Waals surface area contributed by atoms with Gasteiger partial charge in [0, 0.05) is 12.1 Å². The van der Waals surface area contributed by atoms with Gasteiger partial charge in [-0.1, -0.05) is 6.07 Å². The van der Waals surface area contributed by atoms with Crippen LogP contribution in [0.3, 0.4) is 0 Å². The Morgan fingerprint density at radius 3 is 3.00 bits per heavy atom. The summed E-state index contributed by atoms with van der Waals surface area (Å²) in [5, 5.41) is 0. The number of rotatable bonds is 3. The van der Waals surface area contributed by atoms with E-state index in [-0.39, 0.29) is 6.04 Å². The second kappa shape index (κ2) is 4.42. The Hall–Kier alpha value is -1.39. The van der Waals surface area contributed by atoms with Crippen molar-refractivity contribution in [2.45, 2.75) is 19.4 Å². The molecule has 0 bridgehead atoms. The number of nitrogens with zero attached hydrogens (tertiary/aromatic N) is 1. The number of nitrogens with one attached hydrogen (secondary N) is 1. The smallest absolute Gasteiger partial charge is 0.120 e. The van der Waals surface area contributed by atoms with Gasteiger partial charge in [-0.05, 0) is 25.1 Å². The average molecular weight is 205 g/mol. The van der Waals surface area contributed by atoms with Crippen molar-refractivity contribution >= 4 is 0 Å². The first-order valence-electron chi connectivity index (χ1n) is 5.04. The molecule has 0 radical (unpaired) electrons. The summed E-state index contributed by atoms with van der Waals surface area (Å²) in [6.45, 7) is 2.69. The van der Waals surface area contributed by atoms with Crippen LogP contribution in [-0.4, -0.2) is 11.6 Å². The molecule has 1 aromatic rings. The van der Waals surface area contributed by atoms with Gasteiger partial charge in [-0.3, -0.25) is 10.8 Å². The first-order chi connectivity index (χ1) is 7.31. The van der Waals surface area contributed by atoms with Gasteiger partial charge in [-0.2, -0.15) is 0 Å². The van der Waals surface area contributed by atoms with Crippen molar-refractivity contribution in [2.75, 3.05) is 6.61 Å². The standard InChI is InChI=1S/C11H15N3O/c1-8-4-2-5-9(13-8)11(14-12)10-6-3-7-15-10/h2,4-6,11,14H,3,7,12H2,1H3. The second-order valence-corrected chi connectivity index (χ2v) is 3.55. The highest BCUT2D eigenvalue weighted by atomic mass is 16.5. The molecule has 4 nitrogen and oxygen atoms in total. The SMILES string of the molecule is Cc1cccc(C(NN)C2=CCCO2)n1. The largest absolute Gasteiger partial charge is 0.496 e. The molecule has 2 heterocycles. The van der Waals surface area contributed by atoms with Crippen LogP contribution in [0.5, 0.6) is 0 Å². The number of aromatic nitrogens is 1. The molecule has 0 spiro atoms. The topological polar surface area (TPSA) is 60.2 Å². The normalized spacial score (nSPS) is 17.1. The molecular formula is C11H15N3O. The average Bonchev–Trinajstić information content (AvgIpc) is 2.72. The van der Waals surface area contributed by atoms with Gasteiger partial charge in [0.2, 0.25) is 0 Å². The minimum atomic E-state index is -0.132. The van der Waals surface area contributed by atoms with Crippen LogP contribution in [0.15, 0.2) is 30.0 Å². The fraction of sp³-hybridized carbons (Fsp3) is 0.364. The highest BCUT2D eigenvalue weighted by Gasteiger charge is 2.20. The number of nitrogens with two attached hydrogens (primary N) is 1. The summed E-state index contributed by atoms with van der Waals surface area (Å²) < 4.78 is 5.48. The second-order valence-electron chi connectivity index (χ2n) is 3.55. The number of pyridine rings is 1. The monoisotopic (exact) mass is 205 g/mol. The van der Waals surface area contributed by atoms with Crippen molar-refractivity contribution in [3.63, 3.8) is 0 Å². The summed E-state index contributed by atoms with van der Waals surface area (Å²) in [5.41, 5.74) is 4.60. The number of hydrazine groups is 1. The van der Waals surface area contributed by atoms with Crippen LogP contribution < -0.4 is 11.3 Å². The van der Waals surface area contributed by atoms with Gasteiger partial charge in [-0.25, -0.2) is 5.43 Å². The lowest BCUT2D eigenvalue weighted by Gasteiger charge is -2.16. The molecule has 0 aromatic carbocycles.